The van der Waals surface area contributed by atoms with Gasteiger partial charge in [-0.2, -0.15) is 4.31 Å². The van der Waals surface area contributed by atoms with Crippen molar-refractivity contribution in [1.82, 2.24) is 19.3 Å². The van der Waals surface area contributed by atoms with Gasteiger partial charge in [-0.25, -0.2) is 18.4 Å². The minimum Gasteiger partial charge on any atom is -0.354 e. The summed E-state index contributed by atoms with van der Waals surface area (Å²) in [5.74, 6) is 0.862. The molecule has 1 spiro atoms. The van der Waals surface area contributed by atoms with E-state index < -0.39 is 10.0 Å². The number of aromatic amines is 1. The average Bonchev–Trinajstić information content (AvgIpc) is 2.98. The summed E-state index contributed by atoms with van der Waals surface area (Å²) in [6.45, 7) is 4.66. The summed E-state index contributed by atoms with van der Waals surface area (Å²) in [6, 6.07) is 2.12. The van der Waals surface area contributed by atoms with Crippen molar-refractivity contribution in [2.24, 2.45) is 5.41 Å². The van der Waals surface area contributed by atoms with Crippen LogP contribution in [0.25, 0.3) is 11.0 Å². The number of nitrogens with one attached hydrogen (secondary N) is 1. The molecule has 0 aromatic carbocycles. The fourth-order valence-electron chi connectivity index (χ4n) is 3.87. The lowest BCUT2D eigenvalue weighted by Crippen LogP contribution is -2.41. The summed E-state index contributed by atoms with van der Waals surface area (Å²) in [4.78, 5) is 14.0. The van der Waals surface area contributed by atoms with Crippen LogP contribution in [0.1, 0.15) is 26.7 Å². The molecular weight excluding hydrogens is 326 g/mol. The minimum atomic E-state index is -3.22. The topological polar surface area (TPSA) is 82.2 Å². The van der Waals surface area contributed by atoms with E-state index >= 15 is 0 Å². The van der Waals surface area contributed by atoms with Crippen LogP contribution in [0.4, 0.5) is 5.82 Å². The first-order chi connectivity index (χ1) is 11.3. The van der Waals surface area contributed by atoms with Crippen molar-refractivity contribution in [3.63, 3.8) is 0 Å². The maximum Gasteiger partial charge on any atom is 0.216 e. The first kappa shape index (κ1) is 15.8. The molecule has 0 radical (unpaired) electrons. The molecule has 1 saturated heterocycles. The van der Waals surface area contributed by atoms with Crippen molar-refractivity contribution in [2.45, 2.75) is 38.0 Å². The molecule has 3 heterocycles. The first-order valence-corrected chi connectivity index (χ1v) is 9.85. The van der Waals surface area contributed by atoms with E-state index in [2.05, 4.69) is 19.9 Å². The van der Waals surface area contributed by atoms with Crippen LogP contribution in [-0.4, -0.2) is 59.1 Å². The van der Waals surface area contributed by atoms with Crippen LogP contribution in [-0.2, 0) is 10.0 Å². The summed E-state index contributed by atoms with van der Waals surface area (Å²) in [5, 5.41) is 0.591. The Morgan fingerprint density at radius 1 is 1.38 bits per heavy atom. The van der Waals surface area contributed by atoms with E-state index in [1.165, 1.54) is 0 Å². The van der Waals surface area contributed by atoms with Gasteiger partial charge in [0.1, 0.15) is 17.8 Å². The van der Waals surface area contributed by atoms with E-state index in [0.717, 1.165) is 29.7 Å². The fraction of sp³-hybridized carbons (Fsp3) is 0.625. The quantitative estimate of drug-likeness (QED) is 0.906. The molecule has 8 heteroatoms. The minimum absolute atomic E-state index is 0.0737. The molecule has 7 nitrogen and oxygen atoms in total. The van der Waals surface area contributed by atoms with Crippen molar-refractivity contribution in [1.29, 1.82) is 0 Å². The van der Waals surface area contributed by atoms with E-state index in [0.29, 0.717) is 13.1 Å². The largest absolute Gasteiger partial charge is 0.354 e. The highest BCUT2D eigenvalue weighted by Crippen LogP contribution is 2.55. The number of nitrogens with zero attached hydrogens (tertiary/aromatic N) is 4. The van der Waals surface area contributed by atoms with Gasteiger partial charge in [0, 0.05) is 31.7 Å². The maximum absolute atomic E-state index is 12.6. The van der Waals surface area contributed by atoms with Crippen LogP contribution in [0.15, 0.2) is 18.6 Å². The Kier molecular flexibility index (Phi) is 3.41. The van der Waals surface area contributed by atoms with E-state index in [-0.39, 0.29) is 16.7 Å². The van der Waals surface area contributed by atoms with Gasteiger partial charge in [-0.1, -0.05) is 0 Å². The Hall–Kier alpha value is -1.67. The lowest BCUT2D eigenvalue weighted by molar-refractivity contribution is 0.442. The maximum atomic E-state index is 12.6. The molecule has 2 fully saturated rings. The molecular formula is C16H23N5O2S. The second-order valence-electron chi connectivity index (χ2n) is 7.31. The van der Waals surface area contributed by atoms with Crippen LogP contribution in [0.3, 0.4) is 0 Å². The van der Waals surface area contributed by atoms with Gasteiger partial charge in [-0.3, -0.25) is 0 Å². The monoisotopic (exact) mass is 349 g/mol. The zero-order valence-corrected chi connectivity index (χ0v) is 15.0. The fourth-order valence-corrected chi connectivity index (χ4v) is 5.25. The Morgan fingerprint density at radius 3 is 2.79 bits per heavy atom. The van der Waals surface area contributed by atoms with Crippen molar-refractivity contribution in [3.8, 4) is 0 Å². The van der Waals surface area contributed by atoms with E-state index in [4.69, 9.17) is 0 Å². The van der Waals surface area contributed by atoms with Gasteiger partial charge in [0.2, 0.25) is 10.0 Å². The SMILES string of the molecule is CC(C)S(=O)(=O)N1C[C@H](N(C)c2ncnc3[nH]ccc23)C2(CC2)C1. The van der Waals surface area contributed by atoms with E-state index in [1.807, 2.05) is 19.3 Å². The first-order valence-electron chi connectivity index (χ1n) is 8.35. The molecule has 0 unspecified atom stereocenters. The standard InChI is InChI=1S/C16H23N5O2S/c1-11(2)24(22,23)21-8-13(16(9-21)5-6-16)20(3)15-12-4-7-17-14(12)18-10-19-15/h4,7,10-11,13H,5-6,8-9H2,1-3H3,(H,17,18,19)/t13-/m0/s1. The highest BCUT2D eigenvalue weighted by molar-refractivity contribution is 7.89. The molecule has 2 aromatic rings. The predicted octanol–water partition coefficient (Wildman–Crippen LogP) is 1.60. The number of rotatable bonds is 4. The number of hydrogen-bond donors (Lipinski definition) is 1. The molecule has 4 rings (SSSR count). The summed E-state index contributed by atoms with van der Waals surface area (Å²) < 4.78 is 26.9. The molecule has 1 aliphatic carbocycles. The number of H-pyrrole nitrogens is 1. The van der Waals surface area contributed by atoms with Crippen molar-refractivity contribution in [2.75, 3.05) is 25.0 Å². The lowest BCUT2D eigenvalue weighted by atomic mass is 9.99. The predicted molar refractivity (Wildman–Crippen MR) is 93.4 cm³/mol. The van der Waals surface area contributed by atoms with Gasteiger partial charge in [0.05, 0.1) is 16.7 Å². The number of hydrogen-bond acceptors (Lipinski definition) is 5. The van der Waals surface area contributed by atoms with Crippen LogP contribution in [0.5, 0.6) is 0 Å². The van der Waals surface area contributed by atoms with Crippen LogP contribution in [0.2, 0.25) is 0 Å². The number of fused-ring (bicyclic) bond motifs is 1. The Morgan fingerprint density at radius 2 is 2.12 bits per heavy atom. The van der Waals surface area contributed by atoms with Crippen LogP contribution in [0, 0.1) is 5.41 Å². The zero-order chi connectivity index (χ0) is 17.1. The van der Waals surface area contributed by atoms with E-state index in [1.54, 1.807) is 24.5 Å². The molecule has 1 atom stereocenters. The summed E-state index contributed by atoms with van der Waals surface area (Å²) in [7, 11) is -1.20. The van der Waals surface area contributed by atoms with Crippen LogP contribution < -0.4 is 4.90 Å². The molecule has 1 aliphatic heterocycles. The van der Waals surface area contributed by atoms with Gasteiger partial charge in [-0.05, 0) is 32.8 Å². The normalized spacial score (nSPS) is 23.4. The highest BCUT2D eigenvalue weighted by atomic mass is 32.2. The van der Waals surface area contributed by atoms with Crippen molar-refractivity contribution >= 4 is 26.9 Å². The summed E-state index contributed by atoms with van der Waals surface area (Å²) in [6.07, 6.45) is 5.57. The molecule has 1 N–H and O–H groups in total. The third-order valence-electron chi connectivity index (χ3n) is 5.56. The molecule has 0 bridgehead atoms. The van der Waals surface area contributed by atoms with Gasteiger partial charge >= 0.3 is 0 Å². The second-order valence-corrected chi connectivity index (χ2v) is 9.80. The molecule has 24 heavy (non-hydrogen) atoms. The molecule has 2 aromatic heterocycles. The highest BCUT2D eigenvalue weighted by Gasteiger charge is 2.59. The molecule has 1 saturated carbocycles. The lowest BCUT2D eigenvalue weighted by Gasteiger charge is -2.30. The summed E-state index contributed by atoms with van der Waals surface area (Å²) in [5.41, 5.74) is 0.881. The third-order valence-corrected chi connectivity index (χ3v) is 7.75. The molecule has 130 valence electrons. The van der Waals surface area contributed by atoms with Gasteiger partial charge in [-0.15, -0.1) is 0 Å². The average molecular weight is 349 g/mol. The number of likely N-dealkylation sites (N-methyl/N-ethyl adjacent to an activating group) is 1. The zero-order valence-electron chi connectivity index (χ0n) is 14.2. The Labute approximate surface area is 142 Å². The van der Waals surface area contributed by atoms with Gasteiger partial charge in [0.15, 0.2) is 0 Å². The Bertz CT molecular complexity index is 871. The number of anilines is 1. The number of sulfonamides is 1. The van der Waals surface area contributed by atoms with Crippen LogP contribution >= 0.6 is 0 Å². The van der Waals surface area contributed by atoms with Crippen molar-refractivity contribution in [3.05, 3.63) is 18.6 Å². The molecule has 0 amide bonds. The number of aromatic nitrogens is 3. The Balaban J connectivity index is 1.68. The van der Waals surface area contributed by atoms with Crippen molar-refractivity contribution < 1.29 is 8.42 Å². The van der Waals surface area contributed by atoms with Gasteiger partial charge in [0.25, 0.3) is 0 Å². The smallest absolute Gasteiger partial charge is 0.216 e. The third kappa shape index (κ3) is 2.23. The van der Waals surface area contributed by atoms with E-state index in [9.17, 15) is 8.42 Å². The second kappa shape index (κ2) is 5.16. The summed E-state index contributed by atoms with van der Waals surface area (Å²) >= 11 is 0. The molecule has 2 aliphatic rings. The van der Waals surface area contributed by atoms with Gasteiger partial charge < -0.3 is 9.88 Å².